The third-order valence-electron chi connectivity index (χ3n) is 2.34. The summed E-state index contributed by atoms with van der Waals surface area (Å²) in [6.07, 6.45) is 2.52. The highest BCUT2D eigenvalue weighted by Crippen LogP contribution is 2.09. The van der Waals surface area contributed by atoms with Crippen molar-refractivity contribution >= 4 is 12.2 Å². The van der Waals surface area contributed by atoms with E-state index in [-0.39, 0.29) is 5.97 Å². The van der Waals surface area contributed by atoms with Gasteiger partial charge in [-0.15, -0.1) is 5.16 Å². The number of carbonyl (C=O) groups is 1. The fourth-order valence-electron chi connectivity index (χ4n) is 1.45. The quantitative estimate of drug-likeness (QED) is 0.357. The van der Waals surface area contributed by atoms with Gasteiger partial charge in [-0.25, -0.2) is 0 Å². The van der Waals surface area contributed by atoms with Gasteiger partial charge in [-0.3, -0.25) is 4.79 Å². The first-order valence-corrected chi connectivity index (χ1v) is 5.07. The Morgan fingerprint density at radius 2 is 2.19 bits per heavy atom. The molecule has 1 rings (SSSR count). The van der Waals surface area contributed by atoms with E-state index in [1.165, 1.54) is 13.3 Å². The van der Waals surface area contributed by atoms with Crippen LogP contribution in [0.1, 0.15) is 12.0 Å². The second kappa shape index (κ2) is 6.61. The number of rotatable bonds is 5. The zero-order valence-electron chi connectivity index (χ0n) is 9.17. The summed E-state index contributed by atoms with van der Waals surface area (Å²) >= 11 is 0. The molecule has 4 nitrogen and oxygen atoms in total. The third-order valence-corrected chi connectivity index (χ3v) is 2.34. The van der Waals surface area contributed by atoms with Crippen molar-refractivity contribution in [1.29, 1.82) is 0 Å². The highest BCUT2D eigenvalue weighted by molar-refractivity contribution is 5.89. The van der Waals surface area contributed by atoms with Gasteiger partial charge in [0.2, 0.25) is 0 Å². The molecule has 0 bridgehead atoms. The van der Waals surface area contributed by atoms with Crippen LogP contribution in [0.25, 0.3) is 0 Å². The Hall–Kier alpha value is -1.84. The smallest absolute Gasteiger partial charge is 0.314 e. The Kier molecular flexibility index (Phi) is 5.05. The van der Waals surface area contributed by atoms with Crippen molar-refractivity contribution in [3.05, 3.63) is 35.9 Å². The maximum atomic E-state index is 11.3. The maximum Gasteiger partial charge on any atom is 0.314 e. The largest absolute Gasteiger partial charge is 0.469 e. The van der Waals surface area contributed by atoms with E-state index in [9.17, 15) is 4.79 Å². The molecule has 1 unspecified atom stereocenters. The first-order valence-electron chi connectivity index (χ1n) is 5.07. The molecule has 0 fully saturated rings. The van der Waals surface area contributed by atoms with Gasteiger partial charge in [0.25, 0.3) is 0 Å². The van der Waals surface area contributed by atoms with Gasteiger partial charge >= 0.3 is 5.97 Å². The Morgan fingerprint density at radius 1 is 1.50 bits per heavy atom. The zero-order chi connectivity index (χ0) is 11.8. The van der Waals surface area contributed by atoms with Crippen molar-refractivity contribution in [3.63, 3.8) is 0 Å². The lowest BCUT2D eigenvalue weighted by molar-refractivity contribution is -0.143. The molecule has 0 aliphatic heterocycles. The van der Waals surface area contributed by atoms with Crippen LogP contribution in [-0.2, 0) is 16.0 Å². The van der Waals surface area contributed by atoms with E-state index < -0.39 is 5.92 Å². The fraction of sp³-hybridized carbons (Fsp3) is 0.333. The second-order valence-electron chi connectivity index (χ2n) is 3.42. The third kappa shape index (κ3) is 3.73. The van der Waals surface area contributed by atoms with E-state index in [0.29, 0.717) is 6.42 Å². The SMILES string of the molecule is COC(=O)C(/C=N\O)CCc1ccccc1. The molecule has 0 radical (unpaired) electrons. The highest BCUT2D eigenvalue weighted by atomic mass is 16.5. The number of hydrogen-bond donors (Lipinski definition) is 1. The Labute approximate surface area is 94.5 Å². The predicted octanol–water partition coefficient (Wildman–Crippen LogP) is 1.87. The Morgan fingerprint density at radius 3 is 2.75 bits per heavy atom. The van der Waals surface area contributed by atoms with E-state index >= 15 is 0 Å². The van der Waals surface area contributed by atoms with E-state index in [1.807, 2.05) is 30.3 Å². The number of methoxy groups -OCH3 is 1. The maximum absolute atomic E-state index is 11.3. The lowest BCUT2D eigenvalue weighted by Crippen LogP contribution is -2.18. The normalized spacial score (nSPS) is 12.6. The van der Waals surface area contributed by atoms with E-state index in [1.54, 1.807) is 0 Å². The van der Waals surface area contributed by atoms with Gasteiger partial charge < -0.3 is 9.94 Å². The highest BCUT2D eigenvalue weighted by Gasteiger charge is 2.16. The summed E-state index contributed by atoms with van der Waals surface area (Å²) in [5, 5.41) is 11.3. The van der Waals surface area contributed by atoms with Crippen LogP contribution < -0.4 is 0 Å². The van der Waals surface area contributed by atoms with Crippen LogP contribution in [0.2, 0.25) is 0 Å². The van der Waals surface area contributed by atoms with Crippen molar-refractivity contribution in [2.45, 2.75) is 12.8 Å². The minimum Gasteiger partial charge on any atom is -0.469 e. The van der Waals surface area contributed by atoms with Gasteiger partial charge in [0.15, 0.2) is 0 Å². The standard InChI is InChI=1S/C12H15NO3/c1-16-12(14)11(9-13-15)8-7-10-5-3-2-4-6-10/h2-6,9,11,15H,7-8H2,1H3/b13-9-. The first kappa shape index (κ1) is 12.2. The van der Waals surface area contributed by atoms with Gasteiger partial charge in [0.1, 0.15) is 0 Å². The molecule has 0 aliphatic rings. The average Bonchev–Trinajstić information content (AvgIpc) is 2.34. The molecule has 0 heterocycles. The molecule has 0 aromatic heterocycles. The summed E-state index contributed by atoms with van der Waals surface area (Å²) in [7, 11) is 1.32. The van der Waals surface area contributed by atoms with E-state index in [4.69, 9.17) is 5.21 Å². The van der Waals surface area contributed by atoms with Gasteiger partial charge in [-0.2, -0.15) is 0 Å². The minimum atomic E-state index is -0.491. The van der Waals surface area contributed by atoms with Crippen LogP contribution in [-0.4, -0.2) is 24.5 Å². The Balaban J connectivity index is 2.53. The number of esters is 1. The topological polar surface area (TPSA) is 58.9 Å². The molecule has 1 aromatic carbocycles. The van der Waals surface area contributed by atoms with Crippen molar-refractivity contribution in [3.8, 4) is 0 Å². The summed E-state index contributed by atoms with van der Waals surface area (Å²) in [5.41, 5.74) is 1.14. The number of aryl methyl sites for hydroxylation is 1. The molecule has 0 aliphatic carbocycles. The predicted molar refractivity (Wildman–Crippen MR) is 60.5 cm³/mol. The van der Waals surface area contributed by atoms with Crippen molar-refractivity contribution < 1.29 is 14.7 Å². The number of nitrogens with zero attached hydrogens (tertiary/aromatic N) is 1. The molecule has 1 atom stereocenters. The van der Waals surface area contributed by atoms with Crippen LogP contribution in [0, 0.1) is 5.92 Å². The summed E-state index contributed by atoms with van der Waals surface area (Å²) in [6.45, 7) is 0. The molecule has 1 N–H and O–H groups in total. The van der Waals surface area contributed by atoms with Gasteiger partial charge in [0, 0.05) is 0 Å². The number of ether oxygens (including phenoxy) is 1. The Bertz CT molecular complexity index is 349. The molecule has 16 heavy (non-hydrogen) atoms. The fourth-order valence-corrected chi connectivity index (χ4v) is 1.45. The van der Waals surface area contributed by atoms with Crippen LogP contribution >= 0.6 is 0 Å². The van der Waals surface area contributed by atoms with Gasteiger partial charge in [-0.05, 0) is 18.4 Å². The summed E-state index contributed by atoms with van der Waals surface area (Å²) in [4.78, 5) is 11.3. The molecule has 0 spiro atoms. The summed E-state index contributed by atoms with van der Waals surface area (Å²) in [5.74, 6) is -0.871. The van der Waals surface area contributed by atoms with Crippen molar-refractivity contribution in [2.75, 3.05) is 7.11 Å². The van der Waals surface area contributed by atoms with Crippen LogP contribution in [0.15, 0.2) is 35.5 Å². The number of oxime groups is 1. The van der Waals surface area contributed by atoms with Gasteiger partial charge in [0.05, 0.1) is 19.2 Å². The molecular formula is C12H15NO3. The lowest BCUT2D eigenvalue weighted by Gasteiger charge is -2.08. The van der Waals surface area contributed by atoms with Gasteiger partial charge in [-0.1, -0.05) is 30.3 Å². The molecule has 86 valence electrons. The zero-order valence-corrected chi connectivity index (χ0v) is 9.17. The molecule has 1 aromatic rings. The second-order valence-corrected chi connectivity index (χ2v) is 3.42. The van der Waals surface area contributed by atoms with Crippen molar-refractivity contribution in [2.24, 2.45) is 11.1 Å². The lowest BCUT2D eigenvalue weighted by atomic mass is 10.0. The average molecular weight is 221 g/mol. The molecule has 4 heteroatoms. The number of hydrogen-bond acceptors (Lipinski definition) is 4. The summed E-state index contributed by atoms with van der Waals surface area (Å²) in [6, 6.07) is 9.82. The molecule has 0 amide bonds. The number of benzene rings is 1. The van der Waals surface area contributed by atoms with E-state index in [0.717, 1.165) is 12.0 Å². The van der Waals surface area contributed by atoms with E-state index in [2.05, 4.69) is 9.89 Å². The first-order chi connectivity index (χ1) is 7.77. The summed E-state index contributed by atoms with van der Waals surface area (Å²) < 4.78 is 4.61. The van der Waals surface area contributed by atoms with Crippen molar-refractivity contribution in [1.82, 2.24) is 0 Å². The molecular weight excluding hydrogens is 206 g/mol. The number of carbonyl (C=O) groups excluding carboxylic acids is 1. The van der Waals surface area contributed by atoms with Crippen LogP contribution in [0.4, 0.5) is 0 Å². The minimum absolute atomic E-state index is 0.381. The molecule has 0 saturated carbocycles. The monoisotopic (exact) mass is 221 g/mol. The molecule has 0 saturated heterocycles. The van der Waals surface area contributed by atoms with Crippen LogP contribution in [0.5, 0.6) is 0 Å². The van der Waals surface area contributed by atoms with Crippen LogP contribution in [0.3, 0.4) is 0 Å².